The monoisotopic (exact) mass is 736 g/mol. The Labute approximate surface area is 308 Å². The molecular weight excluding hydrogens is 684 g/mol. The number of Topliss-reactive ketones (excluding diaryl/α,β-unsaturated/α-hetero) is 1. The minimum Gasteiger partial charge on any atom is -0.490 e. The van der Waals surface area contributed by atoms with Crippen LogP contribution in [0.4, 0.5) is 5.69 Å². The van der Waals surface area contributed by atoms with Crippen molar-refractivity contribution in [3.05, 3.63) is 70.3 Å². The molecule has 2 heterocycles. The summed E-state index contributed by atoms with van der Waals surface area (Å²) in [4.78, 5) is 30.0. The summed E-state index contributed by atoms with van der Waals surface area (Å²) in [6, 6.07) is 11.7. The maximum Gasteiger partial charge on any atom is 0.285 e. The molecule has 2 aliphatic heterocycles. The maximum atomic E-state index is 14.6. The number of hydrogen-bond acceptors (Lipinski definition) is 7. The van der Waals surface area contributed by atoms with E-state index in [0.29, 0.717) is 43.3 Å². The molecule has 0 saturated heterocycles. The average molecular weight is 737 g/mol. The third-order valence-electron chi connectivity index (χ3n) is 12.5. The van der Waals surface area contributed by atoms with Gasteiger partial charge in [-0.1, -0.05) is 36.7 Å². The highest BCUT2D eigenvalue weighted by molar-refractivity contribution is 7.94. The van der Waals surface area contributed by atoms with Crippen LogP contribution in [-0.4, -0.2) is 71.0 Å². The molecule has 0 unspecified atom stereocenters. The van der Waals surface area contributed by atoms with E-state index < -0.39 is 21.2 Å². The van der Waals surface area contributed by atoms with Crippen LogP contribution in [0.2, 0.25) is 5.02 Å². The Balaban J connectivity index is 1.26. The van der Waals surface area contributed by atoms with E-state index in [2.05, 4.69) is 33.5 Å². The average Bonchev–Trinajstić information content (AvgIpc) is 3.17. The molecule has 7 rings (SSSR count). The smallest absolute Gasteiger partial charge is 0.285 e. The van der Waals surface area contributed by atoms with Crippen molar-refractivity contribution in [1.82, 2.24) is 0 Å². The standard InChI is InChI=1S/C41H53ClN2O6S/c1-26-7-5-9-37(49-4)33-13-10-29(33)21-44-24-41(16-6-8-27-19-32(42)12-14-34(27)41)25-50-38-15-11-28(20-35(38)44)39(46)43-51(48,22-26)23-36(45)30-17-31(18-30)40(2,3)47/h5,9,11-12,14-15,19-20,26,29-31,33,37,47H,6-8,10,13,16-18,21-25H2,1-4H3/b9-5+/t26-,29-,30?,31?,33+,37-,41-,51+/m0/s1. The summed E-state index contributed by atoms with van der Waals surface area (Å²) in [6.45, 7) is 7.58. The zero-order valence-electron chi connectivity index (χ0n) is 30.4. The number of hydrogen-bond donors (Lipinski definition) is 1. The number of carbonyl (C=O) groups is 2. The minimum absolute atomic E-state index is 0.0245. The van der Waals surface area contributed by atoms with E-state index in [9.17, 15) is 18.9 Å². The van der Waals surface area contributed by atoms with Gasteiger partial charge in [0.05, 0.1) is 39.5 Å². The molecule has 1 N–H and O–H groups in total. The molecule has 2 aromatic rings. The molecule has 2 fully saturated rings. The van der Waals surface area contributed by atoms with E-state index in [-0.39, 0.29) is 46.6 Å². The third kappa shape index (κ3) is 7.55. The summed E-state index contributed by atoms with van der Waals surface area (Å²) >= 11 is 6.46. The number of aliphatic hydroxyl groups is 1. The molecule has 2 bridgehead atoms. The molecule has 1 amide bonds. The second-order valence-electron chi connectivity index (χ2n) is 16.7. The number of aryl methyl sites for hydroxylation is 1. The van der Waals surface area contributed by atoms with Gasteiger partial charge in [-0.05, 0) is 130 Å². The lowest BCUT2D eigenvalue weighted by molar-refractivity contribution is -0.128. The van der Waals surface area contributed by atoms with Crippen LogP contribution in [-0.2, 0) is 31.1 Å². The molecule has 5 aliphatic rings. The normalized spacial score (nSPS) is 34.5. The molecule has 51 heavy (non-hydrogen) atoms. The lowest BCUT2D eigenvalue weighted by Crippen LogP contribution is -2.49. The highest BCUT2D eigenvalue weighted by atomic mass is 35.5. The molecule has 8 nitrogen and oxygen atoms in total. The van der Waals surface area contributed by atoms with E-state index in [0.717, 1.165) is 61.7 Å². The van der Waals surface area contributed by atoms with Gasteiger partial charge in [-0.2, -0.15) is 4.36 Å². The van der Waals surface area contributed by atoms with Crippen LogP contribution in [0, 0.1) is 29.6 Å². The summed E-state index contributed by atoms with van der Waals surface area (Å²) < 4.78 is 31.8. The highest BCUT2D eigenvalue weighted by Gasteiger charge is 2.45. The van der Waals surface area contributed by atoms with Crippen LogP contribution in [0.5, 0.6) is 5.75 Å². The summed E-state index contributed by atoms with van der Waals surface area (Å²) in [6.07, 6.45) is 11.2. The Bertz CT molecular complexity index is 1820. The van der Waals surface area contributed by atoms with Crippen LogP contribution >= 0.6 is 11.6 Å². The van der Waals surface area contributed by atoms with Gasteiger partial charge in [0.15, 0.2) is 0 Å². The van der Waals surface area contributed by atoms with E-state index in [1.807, 2.05) is 25.1 Å². The van der Waals surface area contributed by atoms with Crippen LogP contribution < -0.4 is 9.64 Å². The first-order chi connectivity index (χ1) is 24.3. The topological polar surface area (TPSA) is 106 Å². The van der Waals surface area contributed by atoms with Gasteiger partial charge in [0, 0.05) is 47.9 Å². The summed E-state index contributed by atoms with van der Waals surface area (Å²) in [5.41, 5.74) is 2.64. The fraction of sp³-hybridized carbons (Fsp3) is 0.610. The lowest BCUT2D eigenvalue weighted by Gasteiger charge is -2.46. The SMILES string of the molecule is CO[C@H]1/C=C/C[C@H](C)C[S@@](=O)(CC(=O)C2CC(C(C)(C)O)C2)=NC(=O)c2ccc3c(c2)N(C[C@@H]2CC[C@H]21)C[C@@]1(CCCc2cc(Cl)ccc21)CO3. The van der Waals surface area contributed by atoms with Gasteiger partial charge < -0.3 is 19.5 Å². The number of anilines is 1. The fourth-order valence-corrected chi connectivity index (χ4v) is 11.8. The molecule has 0 radical (unpaired) electrons. The third-order valence-corrected chi connectivity index (χ3v) is 15.1. The molecule has 2 aromatic carbocycles. The Hall–Kier alpha value is -2.72. The van der Waals surface area contributed by atoms with Crippen molar-refractivity contribution >= 4 is 38.7 Å². The predicted molar refractivity (Wildman–Crippen MR) is 202 cm³/mol. The lowest BCUT2D eigenvalue weighted by atomic mass is 9.66. The Kier molecular flexibility index (Phi) is 10.2. The van der Waals surface area contributed by atoms with Gasteiger partial charge in [0.25, 0.3) is 5.91 Å². The van der Waals surface area contributed by atoms with Crippen molar-refractivity contribution in [3.8, 4) is 5.75 Å². The number of allylic oxidation sites excluding steroid dienone is 1. The molecular formula is C41H53ClN2O6S. The Morgan fingerprint density at radius 3 is 2.73 bits per heavy atom. The van der Waals surface area contributed by atoms with Gasteiger partial charge in [-0.3, -0.25) is 9.59 Å². The van der Waals surface area contributed by atoms with E-state index in [1.165, 1.54) is 11.1 Å². The molecule has 6 atom stereocenters. The van der Waals surface area contributed by atoms with Crippen LogP contribution in [0.25, 0.3) is 0 Å². The van der Waals surface area contributed by atoms with Crippen LogP contribution in [0.15, 0.2) is 52.9 Å². The van der Waals surface area contributed by atoms with Crippen molar-refractivity contribution < 1.29 is 28.4 Å². The number of methoxy groups -OCH3 is 1. The number of carbonyl (C=O) groups excluding carboxylic acids is 2. The fourth-order valence-electron chi connectivity index (χ4n) is 9.27. The van der Waals surface area contributed by atoms with E-state index in [1.54, 1.807) is 27.0 Å². The molecule has 10 heteroatoms. The molecule has 2 saturated carbocycles. The first-order valence-corrected chi connectivity index (χ1v) is 21.0. The Morgan fingerprint density at radius 1 is 1.20 bits per heavy atom. The number of halogens is 1. The first-order valence-electron chi connectivity index (χ1n) is 18.8. The summed E-state index contributed by atoms with van der Waals surface area (Å²) in [5, 5.41) is 11.2. The number of amides is 1. The predicted octanol–water partition coefficient (Wildman–Crippen LogP) is 7.42. The van der Waals surface area contributed by atoms with E-state index >= 15 is 0 Å². The number of nitrogens with zero attached hydrogens (tertiary/aromatic N) is 2. The number of ketones is 1. The second kappa shape index (κ2) is 14.3. The number of rotatable bonds is 5. The van der Waals surface area contributed by atoms with Crippen molar-refractivity contribution in [2.45, 2.75) is 89.3 Å². The highest BCUT2D eigenvalue weighted by Crippen LogP contribution is 2.47. The molecule has 3 aliphatic carbocycles. The van der Waals surface area contributed by atoms with Crippen molar-refractivity contribution in [3.63, 3.8) is 0 Å². The first kappa shape index (κ1) is 36.6. The summed E-state index contributed by atoms with van der Waals surface area (Å²) in [5.74, 6) is 0.355. The van der Waals surface area contributed by atoms with Crippen molar-refractivity contribution in [2.75, 3.05) is 43.2 Å². The maximum absolute atomic E-state index is 14.6. The molecule has 1 spiro atoms. The number of fused-ring (bicyclic) bond motifs is 4. The summed E-state index contributed by atoms with van der Waals surface area (Å²) in [7, 11) is -1.45. The van der Waals surface area contributed by atoms with E-state index in [4.69, 9.17) is 21.1 Å². The zero-order chi connectivity index (χ0) is 36.1. The molecule has 0 aromatic heterocycles. The number of benzene rings is 2. The van der Waals surface area contributed by atoms with Gasteiger partial charge >= 0.3 is 0 Å². The largest absolute Gasteiger partial charge is 0.490 e. The second-order valence-corrected chi connectivity index (χ2v) is 19.5. The van der Waals surface area contributed by atoms with Crippen molar-refractivity contribution in [1.29, 1.82) is 0 Å². The quantitative estimate of drug-likeness (QED) is 0.319. The number of ether oxygens (including phenoxy) is 2. The molecule has 276 valence electrons. The van der Waals surface area contributed by atoms with Crippen LogP contribution in [0.3, 0.4) is 0 Å². The van der Waals surface area contributed by atoms with Gasteiger partial charge in [-0.15, -0.1) is 0 Å². The Morgan fingerprint density at radius 2 is 2.00 bits per heavy atom. The van der Waals surface area contributed by atoms with Gasteiger partial charge in [-0.25, -0.2) is 4.21 Å². The van der Waals surface area contributed by atoms with Crippen LogP contribution in [0.1, 0.15) is 87.2 Å². The van der Waals surface area contributed by atoms with Crippen molar-refractivity contribution in [2.24, 2.45) is 34.0 Å². The minimum atomic E-state index is -3.22. The van der Waals surface area contributed by atoms with Gasteiger partial charge in [0.2, 0.25) is 0 Å². The van der Waals surface area contributed by atoms with Gasteiger partial charge in [0.1, 0.15) is 11.5 Å². The zero-order valence-corrected chi connectivity index (χ0v) is 32.0.